The van der Waals surface area contributed by atoms with Crippen LogP contribution in [0.2, 0.25) is 0 Å². The summed E-state index contributed by atoms with van der Waals surface area (Å²) >= 11 is 1.10. The van der Waals surface area contributed by atoms with Gasteiger partial charge in [0.05, 0.1) is 6.61 Å². The first-order chi connectivity index (χ1) is 11.4. The maximum absolute atomic E-state index is 12.8. The Morgan fingerprint density at radius 2 is 1.92 bits per heavy atom. The van der Waals surface area contributed by atoms with E-state index in [0.717, 1.165) is 35.7 Å². The third-order valence-electron chi connectivity index (χ3n) is 4.25. The number of nitrogens with two attached hydrogens (primary N) is 1. The molecule has 0 saturated heterocycles. The van der Waals surface area contributed by atoms with E-state index < -0.39 is 0 Å². The van der Waals surface area contributed by atoms with Gasteiger partial charge in [0.2, 0.25) is 0 Å². The second-order valence-corrected chi connectivity index (χ2v) is 7.14. The van der Waals surface area contributed by atoms with Crippen LogP contribution in [0.5, 0.6) is 5.75 Å². The van der Waals surface area contributed by atoms with Gasteiger partial charge in [-0.25, -0.2) is 4.39 Å². The van der Waals surface area contributed by atoms with E-state index in [-0.39, 0.29) is 5.82 Å². The van der Waals surface area contributed by atoms with Crippen molar-refractivity contribution < 1.29 is 9.13 Å². The van der Waals surface area contributed by atoms with Crippen LogP contribution < -0.4 is 14.6 Å². The molecule has 0 radical (unpaired) electrons. The molecule has 5 heteroatoms. The van der Waals surface area contributed by atoms with Crippen molar-refractivity contribution in [1.82, 2.24) is 0 Å². The van der Waals surface area contributed by atoms with Gasteiger partial charge in [-0.3, -0.25) is 5.14 Å². The van der Waals surface area contributed by atoms with Gasteiger partial charge in [-0.15, -0.1) is 0 Å². The summed E-state index contributed by atoms with van der Waals surface area (Å²) in [6.07, 6.45) is 1.23. The molecule has 3 N–H and O–H groups in total. The van der Waals surface area contributed by atoms with E-state index in [0.29, 0.717) is 11.3 Å². The number of halogens is 1. The van der Waals surface area contributed by atoms with E-state index >= 15 is 0 Å². The number of aryl methyl sites for hydroxylation is 1. The molecule has 130 valence electrons. The second-order valence-electron chi connectivity index (χ2n) is 6.70. The SMILES string of the molecule is Cc1cc(F)ccc1OCC1CC1(C)C.NSNc1ccccc1. The van der Waals surface area contributed by atoms with E-state index in [2.05, 4.69) is 18.6 Å². The summed E-state index contributed by atoms with van der Waals surface area (Å²) in [5.41, 5.74) is 2.34. The topological polar surface area (TPSA) is 47.3 Å². The van der Waals surface area contributed by atoms with Crippen molar-refractivity contribution in [2.75, 3.05) is 11.3 Å². The van der Waals surface area contributed by atoms with Crippen LogP contribution in [0.1, 0.15) is 25.8 Å². The quantitative estimate of drug-likeness (QED) is 0.731. The lowest BCUT2D eigenvalue weighted by molar-refractivity contribution is 0.277. The van der Waals surface area contributed by atoms with Crippen LogP contribution in [0.25, 0.3) is 0 Å². The molecule has 1 saturated carbocycles. The van der Waals surface area contributed by atoms with E-state index in [1.54, 1.807) is 6.07 Å². The molecule has 0 spiro atoms. The zero-order valence-corrected chi connectivity index (χ0v) is 15.2. The van der Waals surface area contributed by atoms with Crippen molar-refractivity contribution in [3.8, 4) is 5.75 Å². The molecule has 1 atom stereocenters. The Kier molecular flexibility index (Phi) is 6.52. The summed E-state index contributed by atoms with van der Waals surface area (Å²) in [4.78, 5) is 0. The van der Waals surface area contributed by atoms with Gasteiger partial charge in [-0.05, 0) is 60.6 Å². The summed E-state index contributed by atoms with van der Waals surface area (Å²) in [5, 5.41) is 5.17. The summed E-state index contributed by atoms with van der Waals surface area (Å²) in [6.45, 7) is 7.12. The van der Waals surface area contributed by atoms with Gasteiger partial charge in [-0.1, -0.05) is 32.0 Å². The molecule has 1 aliphatic rings. The van der Waals surface area contributed by atoms with Crippen molar-refractivity contribution in [1.29, 1.82) is 0 Å². The number of hydrogen-bond acceptors (Lipinski definition) is 4. The highest BCUT2D eigenvalue weighted by Gasteiger charge is 2.45. The molecular formula is C19H25FN2OS. The van der Waals surface area contributed by atoms with Crippen molar-refractivity contribution in [2.45, 2.75) is 27.2 Å². The van der Waals surface area contributed by atoms with Crippen LogP contribution in [0.15, 0.2) is 48.5 Å². The van der Waals surface area contributed by atoms with Crippen LogP contribution in [-0.4, -0.2) is 6.61 Å². The van der Waals surface area contributed by atoms with E-state index in [1.165, 1.54) is 18.6 Å². The lowest BCUT2D eigenvalue weighted by atomic mass is 10.1. The molecule has 2 aromatic rings. The molecule has 3 rings (SSSR count). The number of hydrogen-bond donors (Lipinski definition) is 2. The Hall–Kier alpha value is -1.72. The van der Waals surface area contributed by atoms with Gasteiger partial charge in [0.15, 0.2) is 0 Å². The number of nitrogens with one attached hydrogen (secondary N) is 1. The molecule has 1 unspecified atom stereocenters. The third-order valence-corrected chi connectivity index (χ3v) is 4.60. The molecule has 0 amide bonds. The normalized spacial score (nSPS) is 17.5. The molecule has 2 aromatic carbocycles. The van der Waals surface area contributed by atoms with Crippen LogP contribution in [-0.2, 0) is 0 Å². The van der Waals surface area contributed by atoms with Gasteiger partial charge in [0.25, 0.3) is 0 Å². The highest BCUT2D eigenvalue weighted by Crippen LogP contribution is 2.51. The highest BCUT2D eigenvalue weighted by molar-refractivity contribution is 7.98. The first kappa shape index (κ1) is 18.6. The molecule has 3 nitrogen and oxygen atoms in total. The number of anilines is 1. The standard InChI is InChI=1S/C13H17FO.C6H8N2S/c1-9-6-11(14)4-5-12(9)15-8-10-7-13(10,2)3;7-9-8-6-4-2-1-3-5-6/h4-6,10H,7-8H2,1-3H3;1-5,8H,7H2. The number of para-hydroxylation sites is 1. The number of ether oxygens (including phenoxy) is 1. The third kappa shape index (κ3) is 5.73. The van der Waals surface area contributed by atoms with Crippen molar-refractivity contribution in [3.05, 3.63) is 59.9 Å². The molecule has 1 aliphatic carbocycles. The summed E-state index contributed by atoms with van der Waals surface area (Å²) < 4.78 is 21.4. The molecular weight excluding hydrogens is 323 g/mol. The van der Waals surface area contributed by atoms with E-state index in [1.807, 2.05) is 37.3 Å². The maximum atomic E-state index is 12.8. The monoisotopic (exact) mass is 348 g/mol. The zero-order valence-electron chi connectivity index (χ0n) is 14.4. The van der Waals surface area contributed by atoms with Crippen molar-refractivity contribution in [3.63, 3.8) is 0 Å². The van der Waals surface area contributed by atoms with Crippen molar-refractivity contribution in [2.24, 2.45) is 16.5 Å². The predicted octanol–water partition coefficient (Wildman–Crippen LogP) is 5.18. The maximum Gasteiger partial charge on any atom is 0.123 e. The van der Waals surface area contributed by atoms with E-state index in [9.17, 15) is 4.39 Å². The minimum atomic E-state index is -0.202. The van der Waals surface area contributed by atoms with Crippen molar-refractivity contribution >= 4 is 17.8 Å². The zero-order chi connectivity index (χ0) is 17.6. The molecule has 0 heterocycles. The smallest absolute Gasteiger partial charge is 0.123 e. The summed E-state index contributed by atoms with van der Waals surface area (Å²) in [7, 11) is 0. The Labute approximate surface area is 148 Å². The average Bonchev–Trinajstić information content (AvgIpc) is 3.16. The molecule has 0 aromatic heterocycles. The average molecular weight is 348 g/mol. The van der Waals surface area contributed by atoms with Gasteiger partial charge in [0, 0.05) is 17.8 Å². The molecule has 0 aliphatic heterocycles. The van der Waals surface area contributed by atoms with Crippen LogP contribution in [0.3, 0.4) is 0 Å². The summed E-state index contributed by atoms with van der Waals surface area (Å²) in [6, 6.07) is 14.5. The van der Waals surface area contributed by atoms with Crippen LogP contribution in [0, 0.1) is 24.1 Å². The lowest BCUT2D eigenvalue weighted by Crippen LogP contribution is -2.04. The van der Waals surface area contributed by atoms with Gasteiger partial charge < -0.3 is 9.46 Å². The Morgan fingerprint density at radius 3 is 2.46 bits per heavy atom. The number of benzene rings is 2. The first-order valence-corrected chi connectivity index (χ1v) is 8.86. The predicted molar refractivity (Wildman–Crippen MR) is 100 cm³/mol. The highest BCUT2D eigenvalue weighted by atomic mass is 32.2. The number of rotatable bonds is 5. The molecule has 24 heavy (non-hydrogen) atoms. The first-order valence-electron chi connectivity index (χ1n) is 7.98. The van der Waals surface area contributed by atoms with Crippen LogP contribution in [0.4, 0.5) is 10.1 Å². The van der Waals surface area contributed by atoms with E-state index in [4.69, 9.17) is 9.88 Å². The largest absolute Gasteiger partial charge is 0.493 e. The van der Waals surface area contributed by atoms with Gasteiger partial charge in [0.1, 0.15) is 11.6 Å². The Bertz CT molecular complexity index is 649. The molecule has 0 bridgehead atoms. The molecule has 1 fully saturated rings. The summed E-state index contributed by atoms with van der Waals surface area (Å²) in [5.74, 6) is 1.26. The van der Waals surface area contributed by atoms with Gasteiger partial charge >= 0.3 is 0 Å². The fourth-order valence-corrected chi connectivity index (χ4v) is 2.67. The minimum Gasteiger partial charge on any atom is -0.493 e. The van der Waals surface area contributed by atoms with Crippen LogP contribution >= 0.6 is 12.1 Å². The Balaban J connectivity index is 0.000000198. The fourth-order valence-electron chi connectivity index (χ4n) is 2.40. The fraction of sp³-hybridized carbons (Fsp3) is 0.368. The second kappa shape index (κ2) is 8.40. The minimum absolute atomic E-state index is 0.202. The lowest BCUT2D eigenvalue weighted by Gasteiger charge is -2.09. The Morgan fingerprint density at radius 1 is 1.25 bits per heavy atom. The van der Waals surface area contributed by atoms with Gasteiger partial charge in [-0.2, -0.15) is 0 Å².